The van der Waals surface area contributed by atoms with Crippen molar-refractivity contribution in [1.82, 2.24) is 4.72 Å². The second-order valence-electron chi connectivity index (χ2n) is 5.44. The molecule has 2 rings (SSSR count). The quantitative estimate of drug-likeness (QED) is 0.600. The fourth-order valence-electron chi connectivity index (χ4n) is 2.12. The molecule has 10 heteroatoms. The first-order chi connectivity index (χ1) is 11.5. The minimum absolute atomic E-state index is 0.0993. The fourth-order valence-corrected chi connectivity index (χ4v) is 3.98. The third-order valence-electron chi connectivity index (χ3n) is 3.50. The lowest BCUT2D eigenvalue weighted by atomic mass is 10.1. The molecule has 0 amide bonds. The Balaban J connectivity index is 2.20. The van der Waals surface area contributed by atoms with Gasteiger partial charge in [-0.3, -0.25) is 10.1 Å². The van der Waals surface area contributed by atoms with Crippen LogP contribution in [0.25, 0.3) is 0 Å². The Morgan fingerprint density at radius 3 is 1.84 bits per heavy atom. The Morgan fingerprint density at radius 2 is 1.40 bits per heavy atom. The predicted molar refractivity (Wildman–Crippen MR) is 91.4 cm³/mol. The summed E-state index contributed by atoms with van der Waals surface area (Å²) in [4.78, 5) is 10.0. The molecule has 0 saturated heterocycles. The molecule has 0 aliphatic carbocycles. The Hall–Kier alpha value is -2.30. The van der Waals surface area contributed by atoms with Crippen LogP contribution in [-0.2, 0) is 19.9 Å². The number of sulfone groups is 1. The molecule has 2 aromatic carbocycles. The first-order valence-corrected chi connectivity index (χ1v) is 10.4. The zero-order valence-electron chi connectivity index (χ0n) is 13.4. The number of nitrogens with zero attached hydrogens (tertiary/aromatic N) is 1. The molecular weight excluding hydrogens is 368 g/mol. The normalized spacial score (nSPS) is 13.4. The number of nitrogens with one attached hydrogen (secondary N) is 1. The Bertz CT molecular complexity index is 981. The molecule has 0 heterocycles. The lowest BCUT2D eigenvalue weighted by Gasteiger charge is -2.15. The maximum Gasteiger partial charge on any atom is 0.269 e. The number of nitro benzene ring substituents is 1. The predicted octanol–water partition coefficient (Wildman–Crippen LogP) is 2.04. The van der Waals surface area contributed by atoms with Crippen molar-refractivity contribution < 1.29 is 21.8 Å². The number of hydrogen-bond donors (Lipinski definition) is 1. The fraction of sp³-hybridized carbons (Fsp3) is 0.200. The van der Waals surface area contributed by atoms with Gasteiger partial charge in [0.2, 0.25) is 10.0 Å². The van der Waals surface area contributed by atoms with Crippen molar-refractivity contribution >= 4 is 25.5 Å². The van der Waals surface area contributed by atoms with Gasteiger partial charge in [-0.15, -0.1) is 0 Å². The molecule has 1 atom stereocenters. The molecule has 0 fully saturated rings. The maximum atomic E-state index is 12.3. The van der Waals surface area contributed by atoms with Crippen LogP contribution in [0, 0.1) is 10.1 Å². The average Bonchev–Trinajstić information content (AvgIpc) is 2.54. The van der Waals surface area contributed by atoms with Crippen LogP contribution in [-0.4, -0.2) is 28.0 Å². The van der Waals surface area contributed by atoms with Crippen LogP contribution in [0.4, 0.5) is 5.69 Å². The monoisotopic (exact) mass is 384 g/mol. The van der Waals surface area contributed by atoms with Gasteiger partial charge in [0.05, 0.1) is 14.7 Å². The first kappa shape index (κ1) is 19.0. The van der Waals surface area contributed by atoms with Crippen LogP contribution in [0.3, 0.4) is 0 Å². The van der Waals surface area contributed by atoms with E-state index in [4.69, 9.17) is 0 Å². The van der Waals surface area contributed by atoms with Crippen LogP contribution in [0.5, 0.6) is 0 Å². The van der Waals surface area contributed by atoms with Gasteiger partial charge in [-0.25, -0.2) is 21.6 Å². The summed E-state index contributed by atoms with van der Waals surface area (Å²) in [6.07, 6.45) is 1.09. The minimum Gasteiger partial charge on any atom is -0.258 e. The summed E-state index contributed by atoms with van der Waals surface area (Å²) in [5.41, 5.74) is 0.376. The number of nitro groups is 1. The zero-order chi connectivity index (χ0) is 18.8. The molecular formula is C15H16N2O6S2. The highest BCUT2D eigenvalue weighted by Crippen LogP contribution is 2.20. The Morgan fingerprint density at radius 1 is 0.920 bits per heavy atom. The highest BCUT2D eigenvalue weighted by Gasteiger charge is 2.20. The van der Waals surface area contributed by atoms with Crippen LogP contribution in [0.15, 0.2) is 58.3 Å². The third-order valence-corrected chi connectivity index (χ3v) is 6.18. The van der Waals surface area contributed by atoms with Gasteiger partial charge in [0.1, 0.15) is 0 Å². The molecule has 25 heavy (non-hydrogen) atoms. The second kappa shape index (κ2) is 6.90. The molecule has 0 aliphatic rings. The van der Waals surface area contributed by atoms with Crippen LogP contribution in [0.2, 0.25) is 0 Å². The molecule has 8 nitrogen and oxygen atoms in total. The minimum atomic E-state index is -3.88. The van der Waals surface area contributed by atoms with E-state index in [1.807, 2.05) is 0 Å². The molecule has 0 aromatic heterocycles. The van der Waals surface area contributed by atoms with Gasteiger partial charge in [-0.2, -0.15) is 0 Å². The van der Waals surface area contributed by atoms with Gasteiger partial charge in [0.25, 0.3) is 5.69 Å². The Kier molecular flexibility index (Phi) is 5.26. The topological polar surface area (TPSA) is 123 Å². The van der Waals surface area contributed by atoms with Gasteiger partial charge in [0, 0.05) is 24.4 Å². The maximum absolute atomic E-state index is 12.3. The standard InChI is InChI=1S/C15H16N2O6S2/c1-11(12-3-7-14(8-4-12)24(2,20)21)16-25(22,23)15-9-5-13(6-10-15)17(18)19/h3-11,16H,1-2H3/t11-/m1/s1. The summed E-state index contributed by atoms with van der Waals surface area (Å²) in [6.45, 7) is 1.61. The van der Waals surface area contributed by atoms with Crippen molar-refractivity contribution in [2.75, 3.05) is 6.26 Å². The van der Waals surface area contributed by atoms with Crippen molar-refractivity contribution in [3.63, 3.8) is 0 Å². The summed E-state index contributed by atoms with van der Waals surface area (Å²) < 4.78 is 50.0. The van der Waals surface area contributed by atoms with Gasteiger partial charge >= 0.3 is 0 Å². The molecule has 0 aliphatic heterocycles. The Labute approximate surface area is 145 Å². The van der Waals surface area contributed by atoms with Crippen molar-refractivity contribution in [2.45, 2.75) is 22.8 Å². The molecule has 0 radical (unpaired) electrons. The number of rotatable bonds is 6. The number of non-ortho nitro benzene ring substituents is 1. The van der Waals surface area contributed by atoms with Gasteiger partial charge in [-0.05, 0) is 36.8 Å². The van der Waals surface area contributed by atoms with Crippen LogP contribution >= 0.6 is 0 Å². The smallest absolute Gasteiger partial charge is 0.258 e. The zero-order valence-corrected chi connectivity index (χ0v) is 15.0. The molecule has 134 valence electrons. The lowest BCUT2D eigenvalue weighted by Crippen LogP contribution is -2.26. The first-order valence-electron chi connectivity index (χ1n) is 7.07. The molecule has 0 bridgehead atoms. The van der Waals surface area contributed by atoms with E-state index < -0.39 is 30.8 Å². The third kappa shape index (κ3) is 4.62. The summed E-state index contributed by atoms with van der Waals surface area (Å²) >= 11 is 0. The van der Waals surface area contributed by atoms with Crippen LogP contribution < -0.4 is 4.72 Å². The number of hydrogen-bond acceptors (Lipinski definition) is 6. The SMILES string of the molecule is C[C@@H](NS(=O)(=O)c1ccc([N+](=O)[O-])cc1)c1ccc(S(C)(=O)=O)cc1. The average molecular weight is 384 g/mol. The van der Waals surface area contributed by atoms with Gasteiger partial charge < -0.3 is 0 Å². The summed E-state index contributed by atoms with van der Waals surface area (Å²) in [5.74, 6) is 0. The van der Waals surface area contributed by atoms with Crippen molar-refractivity contribution in [3.8, 4) is 0 Å². The van der Waals surface area contributed by atoms with E-state index in [2.05, 4.69) is 4.72 Å². The van der Waals surface area contributed by atoms with E-state index in [1.165, 1.54) is 24.3 Å². The van der Waals surface area contributed by atoms with E-state index in [0.717, 1.165) is 30.5 Å². The van der Waals surface area contributed by atoms with Crippen molar-refractivity contribution in [1.29, 1.82) is 0 Å². The van der Waals surface area contributed by atoms with E-state index in [0.29, 0.717) is 5.56 Å². The van der Waals surface area contributed by atoms with E-state index >= 15 is 0 Å². The highest BCUT2D eigenvalue weighted by atomic mass is 32.2. The molecule has 0 unspecified atom stereocenters. The lowest BCUT2D eigenvalue weighted by molar-refractivity contribution is -0.384. The van der Waals surface area contributed by atoms with E-state index in [-0.39, 0.29) is 15.5 Å². The number of benzene rings is 2. The summed E-state index contributed by atoms with van der Waals surface area (Å²) in [7, 11) is -7.21. The highest BCUT2D eigenvalue weighted by molar-refractivity contribution is 7.90. The molecule has 0 spiro atoms. The van der Waals surface area contributed by atoms with Crippen molar-refractivity contribution in [3.05, 3.63) is 64.2 Å². The molecule has 1 N–H and O–H groups in total. The molecule has 0 saturated carbocycles. The van der Waals surface area contributed by atoms with E-state index in [9.17, 15) is 26.9 Å². The molecule has 2 aromatic rings. The van der Waals surface area contributed by atoms with Gasteiger partial charge in [-0.1, -0.05) is 12.1 Å². The van der Waals surface area contributed by atoms with Crippen molar-refractivity contribution in [2.24, 2.45) is 0 Å². The van der Waals surface area contributed by atoms with E-state index in [1.54, 1.807) is 6.92 Å². The van der Waals surface area contributed by atoms with Crippen LogP contribution in [0.1, 0.15) is 18.5 Å². The second-order valence-corrected chi connectivity index (χ2v) is 9.16. The largest absolute Gasteiger partial charge is 0.269 e. The summed E-state index contributed by atoms with van der Waals surface area (Å²) in [5, 5.41) is 10.6. The summed E-state index contributed by atoms with van der Waals surface area (Å²) in [6, 6.07) is 9.77. The number of sulfonamides is 1. The van der Waals surface area contributed by atoms with Gasteiger partial charge in [0.15, 0.2) is 9.84 Å².